The molecule has 0 aliphatic carbocycles. The van der Waals surface area contributed by atoms with E-state index in [-0.39, 0.29) is 0 Å². The van der Waals surface area contributed by atoms with Crippen LogP contribution in [0.15, 0.2) is 536 Å². The van der Waals surface area contributed by atoms with E-state index < -0.39 is 0 Å². The van der Waals surface area contributed by atoms with Crippen LogP contribution in [-0.2, 0) is 0 Å². The fraction of sp³-hybridized carbons (Fsp3) is 0. The molecule has 6 nitrogen and oxygen atoms in total. The number of hydrogen-bond acceptors (Lipinski definition) is 6. The first-order chi connectivity index (χ1) is 74.4. The Morgan fingerprint density at radius 1 is 0.0933 bits per heavy atom. The van der Waals surface area contributed by atoms with Gasteiger partial charge in [0, 0.05) is 81.5 Å². The lowest BCUT2D eigenvalue weighted by molar-refractivity contribution is 0.633. The summed E-state index contributed by atoms with van der Waals surface area (Å²) < 4.78 is 39.2. The molecule has 0 saturated carbocycles. The van der Waals surface area contributed by atoms with Gasteiger partial charge in [0.25, 0.3) is 0 Å². The van der Waals surface area contributed by atoms with Gasteiger partial charge in [-0.2, -0.15) is 0 Å². The molecule has 0 aliphatic rings. The zero-order chi connectivity index (χ0) is 98.3. The third kappa shape index (κ3) is 13.5. The van der Waals surface area contributed by atoms with Crippen molar-refractivity contribution in [1.82, 2.24) is 0 Å². The molecule has 33 rings (SSSR count). The van der Waals surface area contributed by atoms with Gasteiger partial charge in [-0.3, -0.25) is 0 Å². The van der Waals surface area contributed by atoms with E-state index in [9.17, 15) is 0 Å². The number of fused-ring (bicyclic) bond motifs is 31. The van der Waals surface area contributed by atoms with Crippen LogP contribution in [0.4, 0.5) is 0 Å². The molecule has 27 aromatic carbocycles. The minimum Gasteiger partial charge on any atom is -0.456 e. The molecule has 150 heavy (non-hydrogen) atoms. The smallest absolute Gasteiger partial charge is 0.178 e. The summed E-state index contributed by atoms with van der Waals surface area (Å²) in [5.74, 6) is 0. The Bertz CT molecular complexity index is 11300. The molecule has 696 valence electrons. The van der Waals surface area contributed by atoms with Gasteiger partial charge in [0.15, 0.2) is 11.2 Å². The van der Waals surface area contributed by atoms with Gasteiger partial charge < -0.3 is 26.5 Å². The summed E-state index contributed by atoms with van der Waals surface area (Å²) in [5, 5.41) is 35.2. The average Bonchev–Trinajstić information content (AvgIpc) is 1.48. The van der Waals surface area contributed by atoms with Gasteiger partial charge in [0.05, 0.1) is 0 Å². The van der Waals surface area contributed by atoms with Crippen LogP contribution >= 0.6 is 0 Å². The van der Waals surface area contributed by atoms with Gasteiger partial charge >= 0.3 is 0 Å². The first-order valence-electron chi connectivity index (χ1n) is 51.3. The molecule has 6 heteroatoms. The minimum absolute atomic E-state index is 0.792. The first kappa shape index (κ1) is 84.6. The molecular weight excluding hydrogens is 1830 g/mol. The molecule has 0 bridgehead atoms. The molecule has 0 spiro atoms. The van der Waals surface area contributed by atoms with E-state index in [0.29, 0.717) is 0 Å². The van der Waals surface area contributed by atoms with E-state index in [2.05, 4.69) is 497 Å². The van der Waals surface area contributed by atoms with Crippen LogP contribution in [0.5, 0.6) is 0 Å². The number of benzene rings is 27. The Morgan fingerprint density at radius 2 is 0.333 bits per heavy atom. The second-order valence-corrected chi connectivity index (χ2v) is 39.6. The van der Waals surface area contributed by atoms with E-state index in [1.54, 1.807) is 0 Å². The van der Waals surface area contributed by atoms with Crippen molar-refractivity contribution in [2.24, 2.45) is 0 Å². The molecule has 0 fully saturated rings. The normalized spacial score (nSPS) is 12.0. The fourth-order valence-electron chi connectivity index (χ4n) is 24.6. The summed E-state index contributed by atoms with van der Waals surface area (Å²) in [4.78, 5) is 0. The largest absolute Gasteiger partial charge is 0.456 e. The lowest BCUT2D eigenvalue weighted by Gasteiger charge is -2.18. The second-order valence-electron chi connectivity index (χ2n) is 39.6. The minimum atomic E-state index is 0.792. The van der Waals surface area contributed by atoms with Crippen molar-refractivity contribution in [3.63, 3.8) is 0 Å². The van der Waals surface area contributed by atoms with Crippen molar-refractivity contribution < 1.29 is 26.5 Å². The molecule has 0 aliphatic heterocycles. The van der Waals surface area contributed by atoms with Gasteiger partial charge in [0.2, 0.25) is 0 Å². The molecule has 0 N–H and O–H groups in total. The average molecular weight is 1910 g/mol. The Kier molecular flexibility index (Phi) is 19.1. The van der Waals surface area contributed by atoms with Crippen LogP contribution in [0, 0.1) is 0 Å². The van der Waals surface area contributed by atoms with Crippen molar-refractivity contribution in [2.75, 3.05) is 0 Å². The number of furan rings is 6. The van der Waals surface area contributed by atoms with Crippen molar-refractivity contribution >= 4 is 229 Å². The quantitative estimate of drug-likeness (QED) is 0.134. The van der Waals surface area contributed by atoms with Crippen LogP contribution in [0.2, 0.25) is 0 Å². The summed E-state index contributed by atoms with van der Waals surface area (Å²) >= 11 is 0. The van der Waals surface area contributed by atoms with E-state index in [0.717, 1.165) is 176 Å². The van der Waals surface area contributed by atoms with Gasteiger partial charge in [0.1, 0.15) is 55.8 Å². The molecule has 0 amide bonds. The van der Waals surface area contributed by atoms with Crippen LogP contribution < -0.4 is 0 Å². The van der Waals surface area contributed by atoms with Crippen molar-refractivity contribution in [3.8, 4) is 100 Å². The topological polar surface area (TPSA) is 78.8 Å². The van der Waals surface area contributed by atoms with E-state index >= 15 is 0 Å². The summed E-state index contributed by atoms with van der Waals surface area (Å²) in [7, 11) is 0. The molecule has 6 aromatic heterocycles. The van der Waals surface area contributed by atoms with Crippen LogP contribution in [0.3, 0.4) is 0 Å². The monoisotopic (exact) mass is 1910 g/mol. The standard InChI is InChI=1S/3C48H28O2/c1-2-12-30(13-3-1)46-36-17-6-8-19-38(36)47(39-20-9-7-18-37(39)46)33-15-10-14-31(25-33)32-22-23-35-41-27-42-40-24-21-29-11-4-5-16-34(29)48(40)50-45(42)28-44(41)49-43(35)26-32;1-2-12-30(13-3-1)44-35-17-6-8-19-37(35)45(38-20-9-7-18-36(38)44)33-15-10-14-31(27-33)32-22-23-39-43(28-32)49-41-25-26-42-47(46(39)41)40-24-21-29-11-4-5-16-34(29)48(40)50-42;1-2-11-29(12-3-1)45-36-17-6-8-19-38(36)46(39-20-9-7-18-37(39)45)34-16-10-15-30(25-34)33-21-22-35-40-23-24-41-42-26-31-13-4-5-14-32(31)27-44(42)50-48(41)47(40)49-43(35)28-33/h3*1-28H. The van der Waals surface area contributed by atoms with Gasteiger partial charge in [-0.05, 0) is 296 Å². The number of rotatable bonds is 9. The van der Waals surface area contributed by atoms with Gasteiger partial charge in [-0.15, -0.1) is 0 Å². The van der Waals surface area contributed by atoms with Crippen molar-refractivity contribution in [2.45, 2.75) is 0 Å². The third-order valence-corrected chi connectivity index (χ3v) is 31.3. The summed E-state index contributed by atoms with van der Waals surface area (Å²) in [5.41, 5.74) is 32.0. The molecular formula is C144H84O6. The van der Waals surface area contributed by atoms with E-state index in [1.165, 1.54) is 153 Å². The van der Waals surface area contributed by atoms with Gasteiger partial charge in [-0.25, -0.2) is 0 Å². The zero-order valence-electron chi connectivity index (χ0n) is 80.9. The molecule has 0 radical (unpaired) electrons. The summed E-state index contributed by atoms with van der Waals surface area (Å²) in [6.07, 6.45) is 0. The van der Waals surface area contributed by atoms with E-state index in [1.807, 2.05) is 12.1 Å². The maximum atomic E-state index is 6.65. The molecule has 0 unspecified atom stereocenters. The Morgan fingerprint density at radius 3 is 0.767 bits per heavy atom. The highest BCUT2D eigenvalue weighted by molar-refractivity contribution is 6.31. The first-order valence-corrected chi connectivity index (χ1v) is 51.3. The SMILES string of the molecule is c1ccc(-c2c3ccccc3c(-c3cccc(-c4ccc5c(c4)oc4c5ccc5c6cc7ccccc7cc6oc54)c3)c3ccccc23)cc1.c1ccc(-c2c3ccccc3c(-c3cccc(-c4ccc5c(c4)oc4cc6oc7c8ccccc8ccc7c6cc45)c3)c3ccccc23)cc1.c1ccc(-c2c3ccccc3c(-c3cccc(-c4ccc5c(c4)oc4ccc6oc7c8ccccc8ccc7c6c45)c3)c3ccccc23)cc1. The number of hydrogen-bond donors (Lipinski definition) is 0. The van der Waals surface area contributed by atoms with Crippen LogP contribution in [0.25, 0.3) is 329 Å². The Hall–Kier alpha value is -19.9. The van der Waals surface area contributed by atoms with Crippen molar-refractivity contribution in [3.05, 3.63) is 510 Å². The van der Waals surface area contributed by atoms with Crippen molar-refractivity contribution in [1.29, 1.82) is 0 Å². The fourth-order valence-corrected chi connectivity index (χ4v) is 24.6. The summed E-state index contributed by atoms with van der Waals surface area (Å²) in [6.45, 7) is 0. The lowest BCUT2D eigenvalue weighted by atomic mass is 9.85. The molecule has 33 aromatic rings. The predicted molar refractivity (Wildman–Crippen MR) is 629 cm³/mol. The van der Waals surface area contributed by atoms with Gasteiger partial charge in [-0.1, -0.05) is 394 Å². The highest BCUT2D eigenvalue weighted by atomic mass is 16.4. The molecule has 6 heterocycles. The van der Waals surface area contributed by atoms with Crippen LogP contribution in [-0.4, -0.2) is 0 Å². The summed E-state index contributed by atoms with van der Waals surface area (Å²) in [6, 6.07) is 183. The predicted octanol–water partition coefficient (Wildman–Crippen LogP) is 41.8. The second kappa shape index (κ2) is 33.9. The Balaban J connectivity index is 0.000000101. The Labute approximate surface area is 858 Å². The maximum absolute atomic E-state index is 6.65. The maximum Gasteiger partial charge on any atom is 0.178 e. The lowest BCUT2D eigenvalue weighted by Crippen LogP contribution is -1.91. The highest BCUT2D eigenvalue weighted by Crippen LogP contribution is 2.53. The van der Waals surface area contributed by atoms with Crippen LogP contribution in [0.1, 0.15) is 0 Å². The zero-order valence-corrected chi connectivity index (χ0v) is 80.9. The molecule has 0 saturated heterocycles. The third-order valence-electron chi connectivity index (χ3n) is 31.3. The highest BCUT2D eigenvalue weighted by Gasteiger charge is 2.27. The molecule has 0 atom stereocenters. The van der Waals surface area contributed by atoms with E-state index in [4.69, 9.17) is 26.5 Å².